The van der Waals surface area contributed by atoms with E-state index in [1.165, 1.54) is 0 Å². The minimum absolute atomic E-state index is 0.0894. The molecule has 0 bridgehead atoms. The van der Waals surface area contributed by atoms with Crippen LogP contribution in [0.25, 0.3) is 11.0 Å². The minimum atomic E-state index is -0.786. The molecule has 0 aliphatic carbocycles. The Hall–Kier alpha value is -2.33. The number of imidazole rings is 1. The van der Waals surface area contributed by atoms with Gasteiger partial charge in [-0.15, -0.1) is 0 Å². The van der Waals surface area contributed by atoms with Gasteiger partial charge < -0.3 is 9.67 Å². The SMILES string of the molecule is CCc1nc2cc(Cl)ccc2n1C(CC(C)C(=O)O)c1ccccc1. The molecular weight excluding hydrogens is 336 g/mol. The van der Waals surface area contributed by atoms with Gasteiger partial charge in [-0.2, -0.15) is 0 Å². The number of hydrogen-bond acceptors (Lipinski definition) is 2. The van der Waals surface area contributed by atoms with E-state index in [1.807, 2.05) is 48.5 Å². The van der Waals surface area contributed by atoms with Crippen LogP contribution in [0.2, 0.25) is 5.02 Å². The third kappa shape index (κ3) is 3.54. The van der Waals surface area contributed by atoms with Crippen molar-refractivity contribution in [3.63, 3.8) is 0 Å². The predicted molar refractivity (Wildman–Crippen MR) is 100 cm³/mol. The molecule has 0 aliphatic heterocycles. The first-order valence-electron chi connectivity index (χ1n) is 8.45. The molecule has 0 fully saturated rings. The van der Waals surface area contributed by atoms with Gasteiger partial charge in [-0.1, -0.05) is 55.8 Å². The first-order chi connectivity index (χ1) is 12.0. The number of carboxylic acids is 1. The molecule has 1 heterocycles. The maximum absolute atomic E-state index is 11.5. The van der Waals surface area contributed by atoms with Crippen LogP contribution in [-0.4, -0.2) is 20.6 Å². The van der Waals surface area contributed by atoms with Gasteiger partial charge in [0.2, 0.25) is 0 Å². The van der Waals surface area contributed by atoms with Crippen molar-refractivity contribution in [1.29, 1.82) is 0 Å². The zero-order chi connectivity index (χ0) is 18.0. The van der Waals surface area contributed by atoms with Crippen molar-refractivity contribution in [1.82, 2.24) is 9.55 Å². The molecule has 0 saturated carbocycles. The summed E-state index contributed by atoms with van der Waals surface area (Å²) < 4.78 is 2.17. The summed E-state index contributed by atoms with van der Waals surface area (Å²) in [5.41, 5.74) is 2.90. The van der Waals surface area contributed by atoms with Gasteiger partial charge in [0, 0.05) is 11.4 Å². The van der Waals surface area contributed by atoms with Crippen molar-refractivity contribution in [3.8, 4) is 0 Å². The highest BCUT2D eigenvalue weighted by atomic mass is 35.5. The smallest absolute Gasteiger partial charge is 0.306 e. The number of rotatable bonds is 6. The molecule has 4 nitrogen and oxygen atoms in total. The first kappa shape index (κ1) is 17.5. The third-order valence-corrected chi connectivity index (χ3v) is 4.77. The molecule has 2 atom stereocenters. The van der Waals surface area contributed by atoms with Gasteiger partial charge in [0.15, 0.2) is 0 Å². The molecule has 0 radical (unpaired) electrons. The standard InChI is InChI=1S/C20H21ClN2O2/c1-3-19-22-16-12-15(21)9-10-17(16)23(19)18(11-13(2)20(24)25)14-7-5-4-6-8-14/h4-10,12-13,18H,3,11H2,1-2H3,(H,24,25). The third-order valence-electron chi connectivity index (χ3n) is 4.54. The van der Waals surface area contributed by atoms with Gasteiger partial charge in [0.05, 0.1) is 23.0 Å². The number of aliphatic carboxylic acids is 1. The average Bonchev–Trinajstić information content (AvgIpc) is 2.97. The van der Waals surface area contributed by atoms with E-state index in [9.17, 15) is 9.90 Å². The number of carbonyl (C=O) groups is 1. The number of carboxylic acid groups (broad SMARTS) is 1. The highest BCUT2D eigenvalue weighted by Gasteiger charge is 2.25. The molecule has 130 valence electrons. The van der Waals surface area contributed by atoms with Crippen LogP contribution >= 0.6 is 11.6 Å². The van der Waals surface area contributed by atoms with Crippen molar-refractivity contribution >= 4 is 28.6 Å². The Kier molecular flexibility index (Phi) is 5.09. The fraction of sp³-hybridized carbons (Fsp3) is 0.300. The Morgan fingerprint density at radius 1 is 1.24 bits per heavy atom. The van der Waals surface area contributed by atoms with E-state index in [4.69, 9.17) is 16.6 Å². The maximum Gasteiger partial charge on any atom is 0.306 e. The van der Waals surface area contributed by atoms with Crippen LogP contribution in [0.5, 0.6) is 0 Å². The summed E-state index contributed by atoms with van der Waals surface area (Å²) in [7, 11) is 0. The van der Waals surface area contributed by atoms with Gasteiger partial charge in [-0.3, -0.25) is 4.79 Å². The molecule has 2 unspecified atom stereocenters. The largest absolute Gasteiger partial charge is 0.481 e. The lowest BCUT2D eigenvalue weighted by atomic mass is 9.95. The summed E-state index contributed by atoms with van der Waals surface area (Å²) in [4.78, 5) is 16.2. The number of aryl methyl sites for hydroxylation is 1. The van der Waals surface area contributed by atoms with Crippen LogP contribution in [0.15, 0.2) is 48.5 Å². The Labute approximate surface area is 152 Å². The number of halogens is 1. The molecule has 0 saturated heterocycles. The number of benzene rings is 2. The Balaban J connectivity index is 2.18. The van der Waals surface area contributed by atoms with E-state index in [0.29, 0.717) is 11.4 Å². The second kappa shape index (κ2) is 7.28. The van der Waals surface area contributed by atoms with E-state index in [0.717, 1.165) is 28.8 Å². The van der Waals surface area contributed by atoms with E-state index in [-0.39, 0.29) is 6.04 Å². The molecule has 5 heteroatoms. The van der Waals surface area contributed by atoms with E-state index < -0.39 is 11.9 Å². The highest BCUT2D eigenvalue weighted by molar-refractivity contribution is 6.31. The van der Waals surface area contributed by atoms with E-state index in [2.05, 4.69) is 11.5 Å². The topological polar surface area (TPSA) is 55.1 Å². The zero-order valence-corrected chi connectivity index (χ0v) is 15.1. The maximum atomic E-state index is 11.5. The van der Waals surface area contributed by atoms with Crippen LogP contribution in [0.1, 0.15) is 37.7 Å². The Bertz CT molecular complexity index is 889. The number of nitrogens with zero attached hydrogens (tertiary/aromatic N) is 2. The Morgan fingerprint density at radius 3 is 2.60 bits per heavy atom. The Morgan fingerprint density at radius 2 is 1.96 bits per heavy atom. The van der Waals surface area contributed by atoms with Gasteiger partial charge >= 0.3 is 5.97 Å². The van der Waals surface area contributed by atoms with Crippen molar-refractivity contribution < 1.29 is 9.90 Å². The molecule has 1 aromatic heterocycles. The average molecular weight is 357 g/mol. The molecule has 3 aromatic rings. The molecule has 0 amide bonds. The highest BCUT2D eigenvalue weighted by Crippen LogP contribution is 2.32. The fourth-order valence-corrected chi connectivity index (χ4v) is 3.39. The number of aromatic nitrogens is 2. The first-order valence-corrected chi connectivity index (χ1v) is 8.83. The summed E-state index contributed by atoms with van der Waals surface area (Å²) in [6.07, 6.45) is 1.26. The summed E-state index contributed by atoms with van der Waals surface area (Å²) in [5, 5.41) is 10.1. The van der Waals surface area contributed by atoms with Gasteiger partial charge in [0.1, 0.15) is 5.82 Å². The second-order valence-corrected chi connectivity index (χ2v) is 6.72. The van der Waals surface area contributed by atoms with Crippen LogP contribution < -0.4 is 0 Å². The van der Waals surface area contributed by atoms with Crippen molar-refractivity contribution in [2.24, 2.45) is 5.92 Å². The second-order valence-electron chi connectivity index (χ2n) is 6.29. The zero-order valence-electron chi connectivity index (χ0n) is 14.3. The molecule has 1 N–H and O–H groups in total. The van der Waals surface area contributed by atoms with Crippen molar-refractivity contribution in [2.45, 2.75) is 32.7 Å². The minimum Gasteiger partial charge on any atom is -0.481 e. The molecule has 0 aliphatic rings. The number of fused-ring (bicyclic) bond motifs is 1. The van der Waals surface area contributed by atoms with Crippen LogP contribution in [0, 0.1) is 5.92 Å². The van der Waals surface area contributed by atoms with Crippen LogP contribution in [0.3, 0.4) is 0 Å². The molecular formula is C20H21ClN2O2. The lowest BCUT2D eigenvalue weighted by Gasteiger charge is -2.24. The summed E-state index contributed by atoms with van der Waals surface area (Å²) in [6, 6.07) is 15.6. The normalized spacial score (nSPS) is 13.7. The molecule has 25 heavy (non-hydrogen) atoms. The molecule has 2 aromatic carbocycles. The van der Waals surface area contributed by atoms with Crippen molar-refractivity contribution in [3.05, 3.63) is 64.9 Å². The monoisotopic (exact) mass is 356 g/mol. The molecule has 3 rings (SSSR count). The van der Waals surface area contributed by atoms with Gasteiger partial charge in [-0.05, 0) is 30.2 Å². The lowest BCUT2D eigenvalue weighted by molar-refractivity contribution is -0.141. The quantitative estimate of drug-likeness (QED) is 0.679. The van der Waals surface area contributed by atoms with E-state index in [1.54, 1.807) is 6.92 Å². The predicted octanol–water partition coefficient (Wildman–Crippen LogP) is 4.95. The fourth-order valence-electron chi connectivity index (χ4n) is 3.22. The van der Waals surface area contributed by atoms with Crippen LogP contribution in [-0.2, 0) is 11.2 Å². The number of hydrogen-bond donors (Lipinski definition) is 1. The van der Waals surface area contributed by atoms with Crippen LogP contribution in [0.4, 0.5) is 0 Å². The summed E-state index contributed by atoms with van der Waals surface area (Å²) in [5.74, 6) is -0.310. The van der Waals surface area contributed by atoms with Gasteiger partial charge in [0.25, 0.3) is 0 Å². The molecule has 0 spiro atoms. The lowest BCUT2D eigenvalue weighted by Crippen LogP contribution is -2.20. The van der Waals surface area contributed by atoms with E-state index >= 15 is 0 Å². The van der Waals surface area contributed by atoms with Gasteiger partial charge in [-0.25, -0.2) is 4.98 Å². The van der Waals surface area contributed by atoms with Crippen molar-refractivity contribution in [2.75, 3.05) is 0 Å². The summed E-state index contributed by atoms with van der Waals surface area (Å²) in [6.45, 7) is 3.81. The summed E-state index contributed by atoms with van der Waals surface area (Å²) >= 11 is 6.12.